The number of fused-ring (bicyclic) bond motifs is 1. The second kappa shape index (κ2) is 6.18. The maximum absolute atomic E-state index is 11.9. The molecule has 0 bridgehead atoms. The molecule has 0 fully saturated rings. The first kappa shape index (κ1) is 13.3. The lowest BCUT2D eigenvalue weighted by Gasteiger charge is -2.06. The van der Waals surface area contributed by atoms with Gasteiger partial charge in [0, 0.05) is 11.6 Å². The summed E-state index contributed by atoms with van der Waals surface area (Å²) in [5.41, 5.74) is 2.86. The number of nitrogens with zero attached hydrogens (tertiary/aromatic N) is 1. The molecule has 0 amide bonds. The zero-order chi connectivity index (χ0) is 14.5. The van der Waals surface area contributed by atoms with Crippen LogP contribution in [0.3, 0.4) is 0 Å². The summed E-state index contributed by atoms with van der Waals surface area (Å²) in [4.78, 5) is 16.1. The largest absolute Gasteiger partial charge is 0.461 e. The number of ether oxygens (including phenoxy) is 1. The molecule has 0 aliphatic heterocycles. The van der Waals surface area contributed by atoms with Crippen LogP contribution in [0, 0.1) is 0 Å². The fourth-order valence-electron chi connectivity index (χ4n) is 2.19. The van der Waals surface area contributed by atoms with Crippen LogP contribution in [0.15, 0.2) is 66.9 Å². The summed E-state index contributed by atoms with van der Waals surface area (Å²) >= 11 is 0. The fourth-order valence-corrected chi connectivity index (χ4v) is 2.19. The molecule has 21 heavy (non-hydrogen) atoms. The van der Waals surface area contributed by atoms with E-state index in [1.54, 1.807) is 6.20 Å². The van der Waals surface area contributed by atoms with Gasteiger partial charge < -0.3 is 4.74 Å². The van der Waals surface area contributed by atoms with Gasteiger partial charge in [-0.05, 0) is 29.3 Å². The van der Waals surface area contributed by atoms with Crippen molar-refractivity contribution in [2.75, 3.05) is 0 Å². The summed E-state index contributed by atoms with van der Waals surface area (Å²) in [6.45, 7) is 0.314. The molecule has 0 atom stereocenters. The molecule has 3 nitrogen and oxygen atoms in total. The second-order valence-electron chi connectivity index (χ2n) is 4.85. The average Bonchev–Trinajstić information content (AvgIpc) is 2.54. The number of rotatable bonds is 4. The van der Waals surface area contributed by atoms with Crippen LogP contribution in [0.5, 0.6) is 0 Å². The van der Waals surface area contributed by atoms with Gasteiger partial charge in [0.25, 0.3) is 0 Å². The molecule has 1 aromatic heterocycles. The van der Waals surface area contributed by atoms with Gasteiger partial charge in [0.2, 0.25) is 0 Å². The smallest absolute Gasteiger partial charge is 0.310 e. The zero-order valence-corrected chi connectivity index (χ0v) is 11.5. The Hall–Kier alpha value is -2.68. The Labute approximate surface area is 123 Å². The predicted octanol–water partition coefficient (Wildman–Crippen LogP) is 3.52. The predicted molar refractivity (Wildman–Crippen MR) is 81.7 cm³/mol. The first-order valence-corrected chi connectivity index (χ1v) is 6.84. The molecule has 0 saturated heterocycles. The van der Waals surface area contributed by atoms with Crippen LogP contribution in [-0.2, 0) is 22.6 Å². The van der Waals surface area contributed by atoms with Crippen molar-refractivity contribution < 1.29 is 9.53 Å². The highest BCUT2D eigenvalue weighted by Crippen LogP contribution is 2.14. The molecule has 0 aliphatic rings. The molecule has 1 heterocycles. The molecule has 0 radical (unpaired) electrons. The van der Waals surface area contributed by atoms with Gasteiger partial charge in [0.1, 0.15) is 6.61 Å². The van der Waals surface area contributed by atoms with Gasteiger partial charge in [-0.2, -0.15) is 0 Å². The SMILES string of the molecule is O=C(Cc1ccc2ncccc2c1)OCc1ccccc1. The Kier molecular flexibility index (Phi) is 3.92. The number of pyridine rings is 1. The van der Waals surface area contributed by atoms with E-state index in [1.165, 1.54) is 0 Å². The van der Waals surface area contributed by atoms with Crippen LogP contribution in [0.1, 0.15) is 11.1 Å². The number of hydrogen-bond donors (Lipinski definition) is 0. The second-order valence-corrected chi connectivity index (χ2v) is 4.85. The summed E-state index contributed by atoms with van der Waals surface area (Å²) in [5, 5.41) is 1.03. The molecule has 3 aromatic rings. The maximum atomic E-state index is 11.9. The molecule has 3 rings (SSSR count). The number of hydrogen-bond acceptors (Lipinski definition) is 3. The molecule has 104 valence electrons. The van der Waals surface area contributed by atoms with Crippen molar-refractivity contribution in [2.24, 2.45) is 0 Å². The van der Waals surface area contributed by atoms with E-state index in [2.05, 4.69) is 4.98 Å². The lowest BCUT2D eigenvalue weighted by atomic mass is 10.1. The number of benzene rings is 2. The topological polar surface area (TPSA) is 39.2 Å². The fraction of sp³-hybridized carbons (Fsp3) is 0.111. The standard InChI is InChI=1S/C18H15NO2/c20-18(21-13-14-5-2-1-3-6-14)12-15-8-9-17-16(11-15)7-4-10-19-17/h1-11H,12-13H2. The summed E-state index contributed by atoms with van der Waals surface area (Å²) in [5.74, 6) is -0.220. The monoisotopic (exact) mass is 277 g/mol. The molecule has 3 heteroatoms. The van der Waals surface area contributed by atoms with Gasteiger partial charge >= 0.3 is 5.97 Å². The first-order valence-electron chi connectivity index (χ1n) is 6.84. The van der Waals surface area contributed by atoms with Gasteiger partial charge in [-0.3, -0.25) is 9.78 Å². The Morgan fingerprint density at radius 2 is 1.81 bits per heavy atom. The molecular formula is C18H15NO2. The number of esters is 1. The van der Waals surface area contributed by atoms with E-state index >= 15 is 0 Å². The van der Waals surface area contributed by atoms with Crippen LogP contribution >= 0.6 is 0 Å². The summed E-state index contributed by atoms with van der Waals surface area (Å²) in [6.07, 6.45) is 2.04. The molecule has 0 unspecified atom stereocenters. The Morgan fingerprint density at radius 3 is 2.67 bits per heavy atom. The van der Waals surface area contributed by atoms with Gasteiger partial charge in [-0.15, -0.1) is 0 Å². The van der Waals surface area contributed by atoms with Gasteiger partial charge in [0.15, 0.2) is 0 Å². The lowest BCUT2D eigenvalue weighted by molar-refractivity contribution is -0.144. The molecule has 0 saturated carbocycles. The zero-order valence-electron chi connectivity index (χ0n) is 11.5. The van der Waals surface area contributed by atoms with E-state index in [0.29, 0.717) is 6.61 Å². The third-order valence-corrected chi connectivity index (χ3v) is 3.26. The minimum Gasteiger partial charge on any atom is -0.461 e. The van der Waals surface area contributed by atoms with Crippen molar-refractivity contribution >= 4 is 16.9 Å². The van der Waals surface area contributed by atoms with Crippen LogP contribution < -0.4 is 0 Å². The maximum Gasteiger partial charge on any atom is 0.310 e. The first-order chi connectivity index (χ1) is 10.3. The van der Waals surface area contributed by atoms with Crippen molar-refractivity contribution in [2.45, 2.75) is 13.0 Å². The molecule has 0 spiro atoms. The van der Waals surface area contributed by atoms with Crippen molar-refractivity contribution in [3.05, 3.63) is 78.0 Å². The van der Waals surface area contributed by atoms with E-state index in [0.717, 1.165) is 22.0 Å². The average molecular weight is 277 g/mol. The third-order valence-electron chi connectivity index (χ3n) is 3.26. The van der Waals surface area contributed by atoms with E-state index < -0.39 is 0 Å². The highest BCUT2D eigenvalue weighted by atomic mass is 16.5. The van der Waals surface area contributed by atoms with E-state index in [4.69, 9.17) is 4.74 Å². The normalized spacial score (nSPS) is 10.5. The van der Waals surface area contributed by atoms with Crippen LogP contribution in [0.4, 0.5) is 0 Å². The molecular weight excluding hydrogens is 262 g/mol. The minimum atomic E-state index is -0.220. The summed E-state index contributed by atoms with van der Waals surface area (Å²) in [7, 11) is 0. The van der Waals surface area contributed by atoms with Crippen molar-refractivity contribution in [1.82, 2.24) is 4.98 Å². The highest BCUT2D eigenvalue weighted by molar-refractivity contribution is 5.81. The lowest BCUT2D eigenvalue weighted by Crippen LogP contribution is -2.08. The summed E-state index contributed by atoms with van der Waals surface area (Å²) in [6, 6.07) is 19.4. The van der Waals surface area contributed by atoms with Gasteiger partial charge in [-0.25, -0.2) is 0 Å². The molecule has 0 aliphatic carbocycles. The van der Waals surface area contributed by atoms with Crippen LogP contribution in [0.2, 0.25) is 0 Å². The third kappa shape index (κ3) is 3.45. The van der Waals surface area contributed by atoms with Gasteiger partial charge in [-0.1, -0.05) is 42.5 Å². The number of carbonyl (C=O) groups excluding carboxylic acids is 1. The minimum absolute atomic E-state index is 0.220. The Balaban J connectivity index is 1.63. The summed E-state index contributed by atoms with van der Waals surface area (Å²) < 4.78 is 5.29. The van der Waals surface area contributed by atoms with Crippen molar-refractivity contribution in [3.8, 4) is 0 Å². The van der Waals surface area contributed by atoms with E-state index in [-0.39, 0.29) is 12.4 Å². The van der Waals surface area contributed by atoms with E-state index in [1.807, 2.05) is 60.7 Å². The number of carbonyl (C=O) groups is 1. The molecule has 2 aromatic carbocycles. The van der Waals surface area contributed by atoms with Crippen molar-refractivity contribution in [1.29, 1.82) is 0 Å². The van der Waals surface area contributed by atoms with Gasteiger partial charge in [0.05, 0.1) is 11.9 Å². The van der Waals surface area contributed by atoms with Crippen LogP contribution in [-0.4, -0.2) is 11.0 Å². The van der Waals surface area contributed by atoms with E-state index in [9.17, 15) is 4.79 Å². The quantitative estimate of drug-likeness (QED) is 0.685. The Morgan fingerprint density at radius 1 is 0.952 bits per heavy atom. The van der Waals surface area contributed by atoms with Crippen LogP contribution in [0.25, 0.3) is 10.9 Å². The Bertz CT molecular complexity index is 753. The molecule has 0 N–H and O–H groups in total. The van der Waals surface area contributed by atoms with Crippen molar-refractivity contribution in [3.63, 3.8) is 0 Å². The highest BCUT2D eigenvalue weighted by Gasteiger charge is 2.06. The number of aromatic nitrogens is 1.